The van der Waals surface area contributed by atoms with Crippen molar-refractivity contribution in [3.63, 3.8) is 0 Å². The Morgan fingerprint density at radius 1 is 1.37 bits per heavy atom. The van der Waals surface area contributed by atoms with Gasteiger partial charge in [-0.25, -0.2) is 14.6 Å². The third kappa shape index (κ3) is 2.59. The SMILES string of the molecule is CCCc1nc(NC)cc(-n2ccc(C3CC3)n2)n1. The molecule has 0 aliphatic heterocycles. The Morgan fingerprint density at radius 2 is 2.21 bits per heavy atom. The fraction of sp³-hybridized carbons (Fsp3) is 0.500. The number of nitrogens with one attached hydrogen (secondary N) is 1. The minimum absolute atomic E-state index is 0.668. The normalized spacial score (nSPS) is 14.6. The standard InChI is InChI=1S/C14H19N5/c1-3-4-12-16-13(15-2)9-14(17-12)19-8-7-11(18-19)10-5-6-10/h7-10H,3-6H2,1-2H3,(H,15,16,17). The minimum atomic E-state index is 0.668. The smallest absolute Gasteiger partial charge is 0.159 e. The van der Waals surface area contributed by atoms with Crippen molar-refractivity contribution in [2.75, 3.05) is 12.4 Å². The highest BCUT2D eigenvalue weighted by Gasteiger charge is 2.26. The van der Waals surface area contributed by atoms with Crippen molar-refractivity contribution in [2.24, 2.45) is 0 Å². The number of rotatable bonds is 5. The number of nitrogens with zero attached hydrogens (tertiary/aromatic N) is 4. The van der Waals surface area contributed by atoms with E-state index in [-0.39, 0.29) is 0 Å². The maximum absolute atomic E-state index is 4.62. The number of aryl methyl sites for hydroxylation is 1. The molecule has 0 atom stereocenters. The second-order valence-corrected chi connectivity index (χ2v) is 4.99. The van der Waals surface area contributed by atoms with Gasteiger partial charge in [-0.1, -0.05) is 6.92 Å². The third-order valence-corrected chi connectivity index (χ3v) is 3.33. The first-order chi connectivity index (χ1) is 9.30. The molecule has 0 radical (unpaired) electrons. The zero-order valence-corrected chi connectivity index (χ0v) is 11.4. The van der Waals surface area contributed by atoms with Gasteiger partial charge in [-0.15, -0.1) is 0 Å². The van der Waals surface area contributed by atoms with Gasteiger partial charge in [0, 0.05) is 31.6 Å². The van der Waals surface area contributed by atoms with Gasteiger partial charge >= 0.3 is 0 Å². The molecule has 0 saturated heterocycles. The molecule has 0 unspecified atom stereocenters. The number of hydrogen-bond donors (Lipinski definition) is 1. The monoisotopic (exact) mass is 257 g/mol. The van der Waals surface area contributed by atoms with Crippen LogP contribution in [0.5, 0.6) is 0 Å². The van der Waals surface area contributed by atoms with Gasteiger partial charge < -0.3 is 5.32 Å². The molecule has 1 saturated carbocycles. The lowest BCUT2D eigenvalue weighted by molar-refractivity contribution is 0.773. The summed E-state index contributed by atoms with van der Waals surface area (Å²) in [7, 11) is 1.88. The number of anilines is 1. The Morgan fingerprint density at radius 3 is 2.89 bits per heavy atom. The van der Waals surface area contributed by atoms with E-state index >= 15 is 0 Å². The summed E-state index contributed by atoms with van der Waals surface area (Å²) in [6, 6.07) is 4.03. The average molecular weight is 257 g/mol. The zero-order valence-electron chi connectivity index (χ0n) is 11.4. The first kappa shape index (κ1) is 12.1. The summed E-state index contributed by atoms with van der Waals surface area (Å²) >= 11 is 0. The van der Waals surface area contributed by atoms with Gasteiger partial charge in [0.2, 0.25) is 0 Å². The van der Waals surface area contributed by atoms with E-state index in [4.69, 9.17) is 0 Å². The van der Waals surface area contributed by atoms with Gasteiger partial charge in [-0.2, -0.15) is 5.10 Å². The Bertz CT molecular complexity index is 571. The number of aromatic nitrogens is 4. The summed E-state index contributed by atoms with van der Waals surface area (Å²) < 4.78 is 1.86. The van der Waals surface area contributed by atoms with Gasteiger partial charge in [0.1, 0.15) is 11.6 Å². The van der Waals surface area contributed by atoms with E-state index in [0.29, 0.717) is 5.92 Å². The van der Waals surface area contributed by atoms with Crippen LogP contribution in [0.25, 0.3) is 5.82 Å². The Labute approximate surface area is 113 Å². The Hall–Kier alpha value is -1.91. The highest BCUT2D eigenvalue weighted by atomic mass is 15.3. The van der Waals surface area contributed by atoms with Crippen LogP contribution in [-0.2, 0) is 6.42 Å². The first-order valence-corrected chi connectivity index (χ1v) is 6.92. The van der Waals surface area contributed by atoms with Crippen LogP contribution in [0, 0.1) is 0 Å². The van der Waals surface area contributed by atoms with Crippen molar-refractivity contribution in [3.05, 3.63) is 29.8 Å². The second kappa shape index (κ2) is 4.99. The molecule has 1 aliphatic carbocycles. The molecular formula is C14H19N5. The lowest BCUT2D eigenvalue weighted by Crippen LogP contribution is -2.06. The van der Waals surface area contributed by atoms with Crippen LogP contribution >= 0.6 is 0 Å². The summed E-state index contributed by atoms with van der Waals surface area (Å²) in [6.45, 7) is 2.13. The van der Waals surface area contributed by atoms with Crippen molar-refractivity contribution in [2.45, 2.75) is 38.5 Å². The molecule has 1 N–H and O–H groups in total. The van der Waals surface area contributed by atoms with Gasteiger partial charge in [0.05, 0.1) is 5.69 Å². The minimum Gasteiger partial charge on any atom is -0.373 e. The van der Waals surface area contributed by atoms with E-state index in [1.54, 1.807) is 0 Å². The fourth-order valence-electron chi connectivity index (χ4n) is 2.13. The molecule has 5 heteroatoms. The van der Waals surface area contributed by atoms with E-state index < -0.39 is 0 Å². The molecule has 0 spiro atoms. The Balaban J connectivity index is 1.94. The predicted molar refractivity (Wildman–Crippen MR) is 74.7 cm³/mol. The van der Waals surface area contributed by atoms with E-state index in [9.17, 15) is 0 Å². The van der Waals surface area contributed by atoms with Crippen molar-refractivity contribution >= 4 is 5.82 Å². The largest absolute Gasteiger partial charge is 0.373 e. The van der Waals surface area contributed by atoms with E-state index in [2.05, 4.69) is 33.4 Å². The predicted octanol–water partition coefficient (Wildman–Crippen LogP) is 2.53. The molecule has 0 amide bonds. The van der Waals surface area contributed by atoms with Crippen LogP contribution in [-0.4, -0.2) is 26.8 Å². The molecule has 1 fully saturated rings. The van der Waals surface area contributed by atoms with Crippen LogP contribution in [0.2, 0.25) is 0 Å². The fourth-order valence-corrected chi connectivity index (χ4v) is 2.13. The summed E-state index contributed by atoms with van der Waals surface area (Å²) in [4.78, 5) is 9.04. The van der Waals surface area contributed by atoms with Crippen molar-refractivity contribution < 1.29 is 0 Å². The molecule has 0 bridgehead atoms. The highest BCUT2D eigenvalue weighted by Crippen LogP contribution is 2.38. The third-order valence-electron chi connectivity index (χ3n) is 3.33. The van der Waals surface area contributed by atoms with E-state index in [1.807, 2.05) is 24.0 Å². The molecule has 3 rings (SSSR count). The molecule has 2 aromatic rings. The van der Waals surface area contributed by atoms with Gasteiger partial charge in [-0.05, 0) is 25.3 Å². The van der Waals surface area contributed by atoms with E-state index in [0.717, 1.165) is 30.3 Å². The molecule has 2 aromatic heterocycles. The molecule has 2 heterocycles. The van der Waals surface area contributed by atoms with Gasteiger partial charge in [0.25, 0.3) is 0 Å². The number of hydrogen-bond acceptors (Lipinski definition) is 4. The van der Waals surface area contributed by atoms with Crippen molar-refractivity contribution in [1.82, 2.24) is 19.7 Å². The zero-order chi connectivity index (χ0) is 13.2. The molecule has 100 valence electrons. The average Bonchev–Trinajstić information content (AvgIpc) is 3.16. The summed E-state index contributed by atoms with van der Waals surface area (Å²) in [5, 5.41) is 7.70. The quantitative estimate of drug-likeness (QED) is 0.894. The molecule has 1 aliphatic rings. The Kier molecular flexibility index (Phi) is 3.19. The van der Waals surface area contributed by atoms with Crippen molar-refractivity contribution in [3.8, 4) is 5.82 Å². The molecule has 19 heavy (non-hydrogen) atoms. The van der Waals surface area contributed by atoms with Gasteiger partial charge in [0.15, 0.2) is 5.82 Å². The van der Waals surface area contributed by atoms with Crippen LogP contribution < -0.4 is 5.32 Å². The lowest BCUT2D eigenvalue weighted by atomic mass is 10.3. The first-order valence-electron chi connectivity index (χ1n) is 6.92. The topological polar surface area (TPSA) is 55.6 Å². The lowest BCUT2D eigenvalue weighted by Gasteiger charge is -2.07. The molecule has 0 aromatic carbocycles. The maximum atomic E-state index is 4.62. The van der Waals surface area contributed by atoms with Crippen LogP contribution in [0.1, 0.15) is 43.6 Å². The van der Waals surface area contributed by atoms with Crippen LogP contribution in [0.4, 0.5) is 5.82 Å². The van der Waals surface area contributed by atoms with Gasteiger partial charge in [-0.3, -0.25) is 0 Å². The van der Waals surface area contributed by atoms with Crippen LogP contribution in [0.3, 0.4) is 0 Å². The van der Waals surface area contributed by atoms with Crippen LogP contribution in [0.15, 0.2) is 18.3 Å². The summed E-state index contributed by atoms with van der Waals surface area (Å²) in [5.74, 6) is 3.22. The van der Waals surface area contributed by atoms with E-state index in [1.165, 1.54) is 18.5 Å². The summed E-state index contributed by atoms with van der Waals surface area (Å²) in [5.41, 5.74) is 1.18. The molecular weight excluding hydrogens is 238 g/mol. The second-order valence-electron chi connectivity index (χ2n) is 4.99. The molecule has 5 nitrogen and oxygen atoms in total. The summed E-state index contributed by atoms with van der Waals surface area (Å²) in [6.07, 6.45) is 6.46. The van der Waals surface area contributed by atoms with Crippen molar-refractivity contribution in [1.29, 1.82) is 0 Å². The maximum Gasteiger partial charge on any atom is 0.159 e. The highest BCUT2D eigenvalue weighted by molar-refractivity contribution is 5.41.